The van der Waals surface area contributed by atoms with Gasteiger partial charge in [-0.2, -0.15) is 0 Å². The lowest BCUT2D eigenvalue weighted by Gasteiger charge is -2.15. The van der Waals surface area contributed by atoms with Crippen LogP contribution >= 0.6 is 11.6 Å². The van der Waals surface area contributed by atoms with Gasteiger partial charge in [0.15, 0.2) is 6.10 Å². The Labute approximate surface area is 177 Å². The molecule has 0 fully saturated rings. The van der Waals surface area contributed by atoms with Crippen molar-refractivity contribution in [3.05, 3.63) is 83.9 Å². The number of fused-ring (bicyclic) bond motifs is 1. The zero-order valence-corrected chi connectivity index (χ0v) is 16.7. The van der Waals surface area contributed by atoms with Crippen LogP contribution in [0.5, 0.6) is 5.75 Å². The smallest absolute Gasteiger partial charge is 0.266 e. The van der Waals surface area contributed by atoms with Crippen molar-refractivity contribution in [2.24, 2.45) is 0 Å². The fraction of sp³-hybridized carbons (Fsp3) is 0.0870. The largest absolute Gasteiger partial charge is 0.481 e. The molecule has 7 heteroatoms. The highest BCUT2D eigenvalue weighted by Gasteiger charge is 2.16. The first-order valence-corrected chi connectivity index (χ1v) is 9.62. The number of amides is 1. The number of halogens is 2. The minimum absolute atomic E-state index is 0.311. The highest BCUT2D eigenvalue weighted by molar-refractivity contribution is 6.33. The predicted octanol–water partition coefficient (Wildman–Crippen LogP) is 5.50. The molecule has 0 saturated carbocycles. The number of ether oxygens (including phenoxy) is 1. The van der Waals surface area contributed by atoms with Crippen LogP contribution in [0, 0.1) is 5.82 Å². The first-order valence-electron chi connectivity index (χ1n) is 9.24. The number of benzene rings is 2. The number of carbonyl (C=O) groups excluding carboxylic acids is 1. The lowest BCUT2D eigenvalue weighted by atomic mass is 10.0. The average Bonchev–Trinajstić information content (AvgIpc) is 2.74. The second-order valence-corrected chi connectivity index (χ2v) is 7.03. The van der Waals surface area contributed by atoms with Crippen LogP contribution in [-0.4, -0.2) is 22.0 Å². The van der Waals surface area contributed by atoms with E-state index in [9.17, 15) is 9.18 Å². The maximum Gasteiger partial charge on any atom is 0.266 e. The van der Waals surface area contributed by atoms with Gasteiger partial charge in [-0.3, -0.25) is 9.78 Å². The van der Waals surface area contributed by atoms with E-state index in [2.05, 4.69) is 15.3 Å². The number of carbonyl (C=O) groups is 1. The van der Waals surface area contributed by atoms with Crippen molar-refractivity contribution in [2.75, 3.05) is 5.32 Å². The Kier molecular flexibility index (Phi) is 5.59. The number of nitrogens with one attached hydrogen (secondary N) is 1. The van der Waals surface area contributed by atoms with Crippen LogP contribution in [0.25, 0.3) is 22.0 Å². The van der Waals surface area contributed by atoms with Crippen molar-refractivity contribution < 1.29 is 13.9 Å². The van der Waals surface area contributed by atoms with E-state index >= 15 is 0 Å². The third kappa shape index (κ3) is 4.23. The maximum atomic E-state index is 13.4. The number of nitrogens with zero attached hydrogens (tertiary/aromatic N) is 2. The van der Waals surface area contributed by atoms with Gasteiger partial charge in [-0.25, -0.2) is 9.37 Å². The lowest BCUT2D eigenvalue weighted by Crippen LogP contribution is -2.30. The molecule has 2 aromatic heterocycles. The molecule has 2 aromatic carbocycles. The highest BCUT2D eigenvalue weighted by Crippen LogP contribution is 2.34. The van der Waals surface area contributed by atoms with E-state index in [-0.39, 0.29) is 5.91 Å². The van der Waals surface area contributed by atoms with Gasteiger partial charge in [0.2, 0.25) is 0 Å². The Hall–Kier alpha value is -3.51. The number of hydrogen-bond donors (Lipinski definition) is 1. The molecular weight excluding hydrogens is 405 g/mol. The van der Waals surface area contributed by atoms with Gasteiger partial charge >= 0.3 is 0 Å². The van der Waals surface area contributed by atoms with Crippen molar-refractivity contribution in [3.63, 3.8) is 0 Å². The minimum Gasteiger partial charge on any atom is -0.481 e. The molecule has 4 aromatic rings. The van der Waals surface area contributed by atoms with E-state index < -0.39 is 11.9 Å². The summed E-state index contributed by atoms with van der Waals surface area (Å²) in [5.41, 5.74) is 2.21. The normalized spacial score (nSPS) is 11.8. The van der Waals surface area contributed by atoms with Crippen LogP contribution in [0.15, 0.2) is 73.1 Å². The summed E-state index contributed by atoms with van der Waals surface area (Å²) in [7, 11) is 0. The maximum absolute atomic E-state index is 13.4. The number of hydrogen-bond acceptors (Lipinski definition) is 4. The van der Waals surface area contributed by atoms with Gasteiger partial charge in [-0.05, 0) is 61.0 Å². The SMILES string of the molecule is CC(Oc1ccc2c(-c3ccc(F)cc3Cl)ccnc2c1)C(=O)Nc1ccccn1. The molecule has 5 nitrogen and oxygen atoms in total. The molecule has 1 atom stereocenters. The van der Waals surface area contributed by atoms with Crippen LogP contribution in [0.3, 0.4) is 0 Å². The van der Waals surface area contributed by atoms with E-state index in [0.29, 0.717) is 27.7 Å². The van der Waals surface area contributed by atoms with Crippen molar-refractivity contribution >= 4 is 34.2 Å². The van der Waals surface area contributed by atoms with Crippen molar-refractivity contribution in [1.82, 2.24) is 9.97 Å². The Bertz CT molecular complexity index is 1220. The van der Waals surface area contributed by atoms with Gasteiger partial charge in [0.1, 0.15) is 17.4 Å². The molecule has 4 rings (SSSR count). The molecule has 0 saturated heterocycles. The average molecular weight is 422 g/mol. The van der Waals surface area contributed by atoms with Crippen LogP contribution in [0.2, 0.25) is 5.02 Å². The molecule has 0 spiro atoms. The van der Waals surface area contributed by atoms with Gasteiger partial charge in [-0.15, -0.1) is 0 Å². The molecule has 2 heterocycles. The molecule has 0 aliphatic heterocycles. The monoisotopic (exact) mass is 421 g/mol. The first-order chi connectivity index (χ1) is 14.5. The molecule has 1 unspecified atom stereocenters. The number of aromatic nitrogens is 2. The molecule has 1 amide bonds. The summed E-state index contributed by atoms with van der Waals surface area (Å²) in [5.74, 6) is 0.254. The van der Waals surface area contributed by atoms with E-state index in [1.807, 2.05) is 12.1 Å². The Morgan fingerprint density at radius 1 is 1.03 bits per heavy atom. The second kappa shape index (κ2) is 8.47. The topological polar surface area (TPSA) is 64.1 Å². The quantitative estimate of drug-likeness (QED) is 0.462. The van der Waals surface area contributed by atoms with Crippen molar-refractivity contribution in [1.29, 1.82) is 0 Å². The Morgan fingerprint density at radius 2 is 1.90 bits per heavy atom. The summed E-state index contributed by atoms with van der Waals surface area (Å²) in [6, 6.07) is 16.7. The molecule has 0 bridgehead atoms. The molecule has 0 aliphatic rings. The van der Waals surface area contributed by atoms with Gasteiger partial charge in [0.25, 0.3) is 5.91 Å². The summed E-state index contributed by atoms with van der Waals surface area (Å²) in [4.78, 5) is 20.8. The van der Waals surface area contributed by atoms with Crippen molar-refractivity contribution in [2.45, 2.75) is 13.0 Å². The van der Waals surface area contributed by atoms with Crippen LogP contribution < -0.4 is 10.1 Å². The number of rotatable bonds is 5. The van der Waals surface area contributed by atoms with Crippen LogP contribution in [0.4, 0.5) is 10.2 Å². The molecule has 1 N–H and O–H groups in total. The van der Waals surface area contributed by atoms with Gasteiger partial charge in [0.05, 0.1) is 10.5 Å². The zero-order valence-electron chi connectivity index (χ0n) is 16.0. The summed E-state index contributed by atoms with van der Waals surface area (Å²) >= 11 is 6.23. The molecule has 0 radical (unpaired) electrons. The highest BCUT2D eigenvalue weighted by atomic mass is 35.5. The minimum atomic E-state index is -0.737. The number of anilines is 1. The van der Waals surface area contributed by atoms with E-state index in [0.717, 1.165) is 10.9 Å². The first kappa shape index (κ1) is 19.8. The summed E-state index contributed by atoms with van der Waals surface area (Å²) < 4.78 is 19.2. The van der Waals surface area contributed by atoms with Crippen LogP contribution in [-0.2, 0) is 4.79 Å². The van der Waals surface area contributed by atoms with E-state index in [1.165, 1.54) is 12.1 Å². The fourth-order valence-electron chi connectivity index (χ4n) is 3.07. The summed E-state index contributed by atoms with van der Waals surface area (Å²) in [6.45, 7) is 1.66. The predicted molar refractivity (Wildman–Crippen MR) is 115 cm³/mol. The molecule has 0 aliphatic carbocycles. The Balaban J connectivity index is 1.57. The van der Waals surface area contributed by atoms with Crippen LogP contribution in [0.1, 0.15) is 6.92 Å². The number of pyridine rings is 2. The third-order valence-electron chi connectivity index (χ3n) is 4.53. The molecule has 150 valence electrons. The summed E-state index contributed by atoms with van der Waals surface area (Å²) in [6.07, 6.45) is 2.51. The van der Waals surface area contributed by atoms with Gasteiger partial charge in [0, 0.05) is 29.4 Å². The third-order valence-corrected chi connectivity index (χ3v) is 4.85. The Morgan fingerprint density at radius 3 is 2.67 bits per heavy atom. The van der Waals surface area contributed by atoms with E-state index in [4.69, 9.17) is 16.3 Å². The van der Waals surface area contributed by atoms with Gasteiger partial charge in [-0.1, -0.05) is 17.7 Å². The fourth-order valence-corrected chi connectivity index (χ4v) is 3.34. The lowest BCUT2D eigenvalue weighted by molar-refractivity contribution is -0.122. The molecule has 30 heavy (non-hydrogen) atoms. The zero-order chi connectivity index (χ0) is 21.1. The second-order valence-electron chi connectivity index (χ2n) is 6.63. The van der Waals surface area contributed by atoms with E-state index in [1.54, 1.807) is 55.7 Å². The van der Waals surface area contributed by atoms with Crippen molar-refractivity contribution in [3.8, 4) is 16.9 Å². The standard InChI is InChI=1S/C23H17ClFN3O2/c1-14(23(29)28-22-4-2-3-10-27-22)30-16-6-8-19-17(9-11-26-21(19)13-16)18-7-5-15(25)12-20(18)24/h2-14H,1H3,(H,27,28,29). The summed E-state index contributed by atoms with van der Waals surface area (Å²) in [5, 5.41) is 3.86. The molecular formula is C23H17ClFN3O2. The van der Waals surface area contributed by atoms with Gasteiger partial charge < -0.3 is 10.1 Å².